The van der Waals surface area contributed by atoms with Crippen molar-refractivity contribution in [2.24, 2.45) is 5.92 Å². The maximum absolute atomic E-state index is 16.0. The fourth-order valence-electron chi connectivity index (χ4n) is 6.97. The first kappa shape index (κ1) is 31.8. The lowest BCUT2D eigenvalue weighted by atomic mass is 9.71. The minimum Gasteiger partial charge on any atom is -0.395 e. The van der Waals surface area contributed by atoms with Crippen LogP contribution in [0.1, 0.15) is 35.4 Å². The summed E-state index contributed by atoms with van der Waals surface area (Å²) in [4.78, 5) is 27.6. The first-order valence-corrected chi connectivity index (χ1v) is 17.1. The minimum atomic E-state index is -3.71. The molecule has 45 heavy (non-hydrogen) atoms. The van der Waals surface area contributed by atoms with Gasteiger partial charge in [0.1, 0.15) is 11.4 Å². The predicted molar refractivity (Wildman–Crippen MR) is 168 cm³/mol. The molecule has 3 aromatic rings. The molecular weight excluding hydrogens is 646 g/mol. The van der Waals surface area contributed by atoms with Gasteiger partial charge in [0.05, 0.1) is 21.4 Å². The van der Waals surface area contributed by atoms with Crippen LogP contribution in [0.15, 0.2) is 59.5 Å². The first-order valence-electron chi connectivity index (χ1n) is 14.5. The number of halogens is 3. The molecule has 1 saturated carbocycles. The Labute approximate surface area is 269 Å². The maximum atomic E-state index is 16.0. The summed E-state index contributed by atoms with van der Waals surface area (Å²) in [5, 5.41) is 29.5. The smallest absolute Gasteiger partial charge is 0.275 e. The Kier molecular flexibility index (Phi) is 8.42. The largest absolute Gasteiger partial charge is 0.395 e. The van der Waals surface area contributed by atoms with Crippen molar-refractivity contribution in [3.05, 3.63) is 97.3 Å². The van der Waals surface area contributed by atoms with Crippen LogP contribution in [0.5, 0.6) is 0 Å². The van der Waals surface area contributed by atoms with Crippen LogP contribution in [-0.4, -0.2) is 66.3 Å². The SMILES string of the molecule is CS(=O)(=O)c1ccc(CN[C@@H]2[C@H](CO)N(CC3CC3)[C@]3(Cc4ccc(Cl)cc4NC3=O)[C@H]2c2cccc(Cl)c2F)c([N+](=O)[O-])c1. The predicted octanol–water partition coefficient (Wildman–Crippen LogP) is 4.71. The van der Waals surface area contributed by atoms with Crippen LogP contribution in [0.2, 0.25) is 10.0 Å². The van der Waals surface area contributed by atoms with E-state index in [-0.39, 0.29) is 52.4 Å². The van der Waals surface area contributed by atoms with Crippen LogP contribution in [0.3, 0.4) is 0 Å². The highest BCUT2D eigenvalue weighted by atomic mass is 35.5. The number of fused-ring (bicyclic) bond motifs is 1. The Bertz CT molecular complexity index is 1810. The Morgan fingerprint density at radius 1 is 1.18 bits per heavy atom. The highest BCUT2D eigenvalue weighted by Crippen LogP contribution is 2.53. The van der Waals surface area contributed by atoms with Gasteiger partial charge in [-0.3, -0.25) is 19.8 Å². The molecule has 0 radical (unpaired) electrons. The third kappa shape index (κ3) is 5.72. The molecule has 1 saturated heterocycles. The average molecular weight is 678 g/mol. The fraction of sp³-hybridized carbons (Fsp3) is 0.387. The third-order valence-electron chi connectivity index (χ3n) is 9.24. The second kappa shape index (κ2) is 11.9. The van der Waals surface area contributed by atoms with E-state index in [0.717, 1.165) is 30.7 Å². The molecule has 1 amide bonds. The van der Waals surface area contributed by atoms with Gasteiger partial charge >= 0.3 is 0 Å². The lowest BCUT2D eigenvalue weighted by molar-refractivity contribution is -0.385. The molecule has 0 bridgehead atoms. The molecule has 4 atom stereocenters. The second-order valence-corrected chi connectivity index (χ2v) is 14.9. The van der Waals surface area contributed by atoms with E-state index >= 15 is 4.39 Å². The van der Waals surface area contributed by atoms with E-state index in [0.29, 0.717) is 17.3 Å². The number of nitro benzene ring substituents is 1. The molecule has 3 aliphatic rings. The number of aliphatic hydroxyl groups excluding tert-OH is 1. The first-order chi connectivity index (χ1) is 21.3. The highest BCUT2D eigenvalue weighted by Gasteiger charge is 2.65. The number of amides is 1. The zero-order valence-electron chi connectivity index (χ0n) is 24.2. The average Bonchev–Trinajstić information content (AvgIpc) is 3.77. The van der Waals surface area contributed by atoms with E-state index in [1.165, 1.54) is 18.2 Å². The van der Waals surface area contributed by atoms with E-state index in [4.69, 9.17) is 23.2 Å². The molecule has 2 aliphatic heterocycles. The van der Waals surface area contributed by atoms with E-state index in [1.54, 1.807) is 24.3 Å². The molecule has 3 aromatic carbocycles. The Balaban J connectivity index is 1.50. The third-order valence-corrected chi connectivity index (χ3v) is 10.9. The minimum absolute atomic E-state index is 0.124. The van der Waals surface area contributed by atoms with Crippen LogP contribution in [0.4, 0.5) is 15.8 Å². The number of nitrogens with one attached hydrogen (secondary N) is 2. The molecule has 0 unspecified atom stereocenters. The lowest BCUT2D eigenvalue weighted by Crippen LogP contribution is -2.61. The molecule has 14 heteroatoms. The number of aliphatic hydroxyl groups is 1. The van der Waals surface area contributed by atoms with Gasteiger partial charge in [0.25, 0.3) is 5.69 Å². The van der Waals surface area contributed by atoms with Crippen molar-refractivity contribution in [3.8, 4) is 0 Å². The monoisotopic (exact) mass is 676 g/mol. The van der Waals surface area contributed by atoms with Gasteiger partial charge in [-0.1, -0.05) is 41.4 Å². The number of hydrogen-bond acceptors (Lipinski definition) is 8. The second-order valence-electron chi connectivity index (χ2n) is 12.0. The molecule has 3 N–H and O–H groups in total. The summed E-state index contributed by atoms with van der Waals surface area (Å²) in [6, 6.07) is 12.0. The zero-order valence-corrected chi connectivity index (χ0v) is 26.5. The van der Waals surface area contributed by atoms with Crippen molar-refractivity contribution in [2.45, 2.75) is 54.2 Å². The lowest BCUT2D eigenvalue weighted by Gasteiger charge is -2.45. The summed E-state index contributed by atoms with van der Waals surface area (Å²) in [6.45, 7) is -0.0380. The Morgan fingerprint density at radius 2 is 1.93 bits per heavy atom. The number of sulfone groups is 1. The van der Waals surface area contributed by atoms with Crippen LogP contribution in [0, 0.1) is 21.8 Å². The van der Waals surface area contributed by atoms with Gasteiger partial charge in [0.2, 0.25) is 5.91 Å². The summed E-state index contributed by atoms with van der Waals surface area (Å²) in [6.07, 6.45) is 3.05. The highest BCUT2D eigenvalue weighted by molar-refractivity contribution is 7.90. The van der Waals surface area contributed by atoms with Gasteiger partial charge in [-0.15, -0.1) is 0 Å². The number of benzene rings is 3. The van der Waals surface area contributed by atoms with Crippen molar-refractivity contribution >= 4 is 50.3 Å². The number of likely N-dealkylation sites (tertiary alicyclic amines) is 1. The van der Waals surface area contributed by atoms with Crippen LogP contribution in [-0.2, 0) is 27.6 Å². The van der Waals surface area contributed by atoms with E-state index in [2.05, 4.69) is 10.6 Å². The molecule has 2 heterocycles. The molecule has 1 spiro atoms. The summed E-state index contributed by atoms with van der Waals surface area (Å²) >= 11 is 12.5. The van der Waals surface area contributed by atoms with Gasteiger partial charge in [-0.2, -0.15) is 0 Å². The summed E-state index contributed by atoms with van der Waals surface area (Å²) in [7, 11) is -3.71. The fourth-order valence-corrected chi connectivity index (χ4v) is 7.96. The number of carbonyl (C=O) groups excluding carboxylic acids is 1. The molecule has 1 aliphatic carbocycles. The van der Waals surface area contributed by atoms with Crippen LogP contribution < -0.4 is 10.6 Å². The van der Waals surface area contributed by atoms with Gasteiger partial charge in [0.15, 0.2) is 9.84 Å². The van der Waals surface area contributed by atoms with E-state index in [9.17, 15) is 28.4 Å². The van der Waals surface area contributed by atoms with Crippen molar-refractivity contribution < 1.29 is 27.6 Å². The molecule has 238 valence electrons. The summed E-state index contributed by atoms with van der Waals surface area (Å²) in [5.41, 5.74) is -0.0694. The van der Waals surface area contributed by atoms with E-state index < -0.39 is 49.8 Å². The number of carbonyl (C=O) groups is 1. The Morgan fingerprint density at radius 3 is 2.60 bits per heavy atom. The summed E-state index contributed by atoms with van der Waals surface area (Å²) < 4.78 is 40.2. The van der Waals surface area contributed by atoms with Gasteiger partial charge in [-0.25, -0.2) is 12.8 Å². The van der Waals surface area contributed by atoms with Crippen molar-refractivity contribution in [3.63, 3.8) is 0 Å². The van der Waals surface area contributed by atoms with E-state index in [1.807, 2.05) is 11.0 Å². The van der Waals surface area contributed by atoms with Gasteiger partial charge in [-0.05, 0) is 60.2 Å². The molecule has 2 fully saturated rings. The normalized spacial score (nSPS) is 24.9. The number of nitrogens with zero attached hydrogens (tertiary/aromatic N) is 2. The number of anilines is 1. The molecule has 0 aromatic heterocycles. The summed E-state index contributed by atoms with van der Waals surface area (Å²) in [5.74, 6) is -1.69. The Hall–Kier alpha value is -3.13. The number of hydrogen-bond donors (Lipinski definition) is 3. The molecule has 10 nitrogen and oxygen atoms in total. The van der Waals surface area contributed by atoms with Crippen LogP contribution >= 0.6 is 23.2 Å². The number of nitro groups is 1. The topological polar surface area (TPSA) is 142 Å². The molecular formula is C31H31Cl2FN4O6S. The zero-order chi connectivity index (χ0) is 32.3. The standard InChI is InChI=1S/C31H31Cl2FN4O6S/c1-45(43,44)21-10-8-19(25(12-21)38(41)42)14-35-29-26(16-39)37(15-17-5-6-17)31(27(29)22-3-2-4-23(33)28(22)34)13-18-7-9-20(32)11-24(18)36-30(31)40/h2-4,7-12,17,26-27,29,35,39H,5-6,13-16H2,1H3,(H,36,40)/t26-,27-,29+,31+/m0/s1. The van der Waals surface area contributed by atoms with Crippen molar-refractivity contribution in [2.75, 3.05) is 24.7 Å². The maximum Gasteiger partial charge on any atom is 0.275 e. The van der Waals surface area contributed by atoms with Gasteiger partial charge < -0.3 is 15.7 Å². The van der Waals surface area contributed by atoms with Crippen molar-refractivity contribution in [1.82, 2.24) is 10.2 Å². The van der Waals surface area contributed by atoms with Crippen molar-refractivity contribution in [1.29, 1.82) is 0 Å². The molecule has 6 rings (SSSR count). The number of rotatable bonds is 9. The van der Waals surface area contributed by atoms with Crippen LogP contribution in [0.25, 0.3) is 0 Å². The van der Waals surface area contributed by atoms with Gasteiger partial charge in [0, 0.05) is 66.1 Å². The quantitative estimate of drug-likeness (QED) is 0.219.